The maximum absolute atomic E-state index is 2.91. The van der Waals surface area contributed by atoms with E-state index < -0.39 is 0 Å². The Hall–Kier alpha value is -0.390. The quantitative estimate of drug-likeness (QED) is 0.715. The molecule has 2 aliphatic carbocycles. The normalized spacial score (nSPS) is 22.9. The third kappa shape index (κ3) is 3.83. The molecule has 1 unspecified atom stereocenters. The van der Waals surface area contributed by atoms with Gasteiger partial charge in [0.25, 0.3) is 0 Å². The van der Waals surface area contributed by atoms with Crippen LogP contribution in [0.3, 0.4) is 0 Å². The smallest absolute Gasteiger partial charge is 0.0138 e. The highest BCUT2D eigenvalue weighted by atomic mass is 31.1. The fourth-order valence-electron chi connectivity index (χ4n) is 3.86. The summed E-state index contributed by atoms with van der Waals surface area (Å²) in [5.41, 5.74) is 0. The van der Waals surface area contributed by atoms with Crippen molar-refractivity contribution in [3.8, 4) is 0 Å². The highest BCUT2D eigenvalue weighted by Crippen LogP contribution is 2.37. The molecule has 0 aliphatic heterocycles. The maximum Gasteiger partial charge on any atom is 0.0138 e. The number of hydrogen-bond acceptors (Lipinski definition) is 1. The Morgan fingerprint density at radius 1 is 0.700 bits per heavy atom. The monoisotopic (exact) mass is 289 g/mol. The second-order valence-corrected chi connectivity index (χ2v) is 7.79. The first-order valence-electron chi connectivity index (χ1n) is 8.53. The predicted molar refractivity (Wildman–Crippen MR) is 90.0 cm³/mol. The van der Waals surface area contributed by atoms with Crippen molar-refractivity contribution in [3.05, 3.63) is 30.3 Å². The molecule has 2 fully saturated rings. The molecular formula is C18H28NP. The Bertz CT molecular complexity index is 362. The molecule has 1 nitrogen and oxygen atoms in total. The molecule has 0 spiro atoms. The van der Waals surface area contributed by atoms with Gasteiger partial charge in [0.1, 0.15) is 0 Å². The van der Waals surface area contributed by atoms with Crippen LogP contribution < -0.4 is 5.30 Å². The summed E-state index contributed by atoms with van der Waals surface area (Å²) in [5.74, 6) is 0. The van der Waals surface area contributed by atoms with Gasteiger partial charge < -0.3 is 0 Å². The lowest BCUT2D eigenvalue weighted by molar-refractivity contribution is 0.182. The van der Waals surface area contributed by atoms with Gasteiger partial charge in [-0.15, -0.1) is 0 Å². The molecule has 2 aliphatic rings. The summed E-state index contributed by atoms with van der Waals surface area (Å²) in [4.78, 5) is 0. The molecule has 1 aromatic rings. The van der Waals surface area contributed by atoms with Gasteiger partial charge in [-0.05, 0) is 39.7 Å². The molecule has 20 heavy (non-hydrogen) atoms. The van der Waals surface area contributed by atoms with Crippen molar-refractivity contribution in [3.63, 3.8) is 0 Å². The van der Waals surface area contributed by atoms with E-state index in [0.29, 0.717) is 0 Å². The second kappa shape index (κ2) is 7.57. The lowest BCUT2D eigenvalue weighted by atomic mass is 9.91. The number of hydrogen-bond donors (Lipinski definition) is 0. The van der Waals surface area contributed by atoms with Gasteiger partial charge in [-0.1, -0.05) is 68.9 Å². The SMILES string of the molecule is c1ccc(PN(C2CCCCC2)C2CCCCC2)cc1. The molecule has 0 radical (unpaired) electrons. The van der Waals surface area contributed by atoms with E-state index in [9.17, 15) is 0 Å². The molecule has 1 atom stereocenters. The molecule has 2 saturated carbocycles. The van der Waals surface area contributed by atoms with Crippen LogP contribution in [0, 0.1) is 0 Å². The summed E-state index contributed by atoms with van der Waals surface area (Å²) in [6, 6.07) is 12.9. The number of benzene rings is 1. The van der Waals surface area contributed by atoms with Gasteiger partial charge in [0.15, 0.2) is 0 Å². The molecule has 0 N–H and O–H groups in total. The lowest BCUT2D eigenvalue weighted by Gasteiger charge is -2.41. The standard InChI is InChI=1S/C18H28NP/c1-4-10-16(11-5-1)19(17-12-6-2-7-13-17)20-18-14-8-3-9-15-18/h3,8-9,14-17,20H,1-2,4-7,10-13H2. The van der Waals surface area contributed by atoms with E-state index in [1.54, 1.807) is 0 Å². The molecule has 0 aromatic heterocycles. The Kier molecular flexibility index (Phi) is 5.51. The van der Waals surface area contributed by atoms with Crippen molar-refractivity contribution in [2.75, 3.05) is 0 Å². The van der Waals surface area contributed by atoms with Crippen LogP contribution >= 0.6 is 8.73 Å². The van der Waals surface area contributed by atoms with Gasteiger partial charge in [-0.25, -0.2) is 0 Å². The van der Waals surface area contributed by atoms with Crippen molar-refractivity contribution >= 4 is 14.0 Å². The van der Waals surface area contributed by atoms with Gasteiger partial charge in [0, 0.05) is 12.1 Å². The van der Waals surface area contributed by atoms with Gasteiger partial charge in [0.2, 0.25) is 0 Å². The summed E-state index contributed by atoms with van der Waals surface area (Å²) >= 11 is 0. The van der Waals surface area contributed by atoms with E-state index >= 15 is 0 Å². The van der Waals surface area contributed by atoms with Crippen LogP contribution in [0.15, 0.2) is 30.3 Å². The predicted octanol–water partition coefficient (Wildman–Crippen LogP) is 4.87. The Balaban J connectivity index is 1.71. The molecule has 1 aromatic carbocycles. The summed E-state index contributed by atoms with van der Waals surface area (Å²) in [7, 11) is 0.891. The molecule has 0 heterocycles. The third-order valence-electron chi connectivity index (χ3n) is 4.97. The number of rotatable bonds is 4. The van der Waals surface area contributed by atoms with Gasteiger partial charge in [0.05, 0.1) is 0 Å². The van der Waals surface area contributed by atoms with Gasteiger partial charge >= 0.3 is 0 Å². The van der Waals surface area contributed by atoms with E-state index in [4.69, 9.17) is 0 Å². The highest BCUT2D eigenvalue weighted by molar-refractivity contribution is 7.44. The lowest BCUT2D eigenvalue weighted by Crippen LogP contribution is -2.40. The van der Waals surface area contributed by atoms with E-state index in [-0.39, 0.29) is 0 Å². The molecule has 0 saturated heterocycles. The van der Waals surface area contributed by atoms with Crippen molar-refractivity contribution in [2.45, 2.75) is 76.3 Å². The Morgan fingerprint density at radius 3 is 1.70 bits per heavy atom. The molecular weight excluding hydrogens is 261 g/mol. The van der Waals surface area contributed by atoms with Gasteiger partial charge in [-0.2, -0.15) is 0 Å². The van der Waals surface area contributed by atoms with Crippen molar-refractivity contribution in [1.29, 1.82) is 0 Å². The topological polar surface area (TPSA) is 3.24 Å². The minimum atomic E-state index is 0.866. The fourth-order valence-corrected chi connectivity index (χ4v) is 5.38. The first-order valence-corrected chi connectivity index (χ1v) is 9.48. The van der Waals surface area contributed by atoms with Crippen LogP contribution in [0.1, 0.15) is 64.2 Å². The third-order valence-corrected chi connectivity index (χ3v) is 6.55. The van der Waals surface area contributed by atoms with E-state index in [2.05, 4.69) is 35.0 Å². The van der Waals surface area contributed by atoms with Crippen LogP contribution in [0.25, 0.3) is 0 Å². The van der Waals surface area contributed by atoms with Crippen LogP contribution in [0.2, 0.25) is 0 Å². The largest absolute Gasteiger partial charge is 0.275 e. The Morgan fingerprint density at radius 2 is 1.20 bits per heavy atom. The molecule has 0 bridgehead atoms. The minimum absolute atomic E-state index is 0.866. The highest BCUT2D eigenvalue weighted by Gasteiger charge is 2.28. The van der Waals surface area contributed by atoms with Crippen LogP contribution in [-0.4, -0.2) is 16.8 Å². The van der Waals surface area contributed by atoms with Gasteiger partial charge in [-0.3, -0.25) is 4.67 Å². The second-order valence-electron chi connectivity index (χ2n) is 6.47. The zero-order chi connectivity index (χ0) is 13.6. The fraction of sp³-hybridized carbons (Fsp3) is 0.667. The van der Waals surface area contributed by atoms with Crippen LogP contribution in [-0.2, 0) is 0 Å². The molecule has 2 heteroatoms. The van der Waals surface area contributed by atoms with E-state index in [1.165, 1.54) is 69.5 Å². The molecule has 3 rings (SSSR count). The molecule has 0 amide bonds. The first-order chi connectivity index (χ1) is 9.93. The zero-order valence-corrected chi connectivity index (χ0v) is 13.6. The summed E-state index contributed by atoms with van der Waals surface area (Å²) < 4.78 is 2.91. The van der Waals surface area contributed by atoms with E-state index in [1.807, 2.05) is 0 Å². The summed E-state index contributed by atoms with van der Waals surface area (Å²) in [6.45, 7) is 0. The average molecular weight is 289 g/mol. The number of nitrogens with zero attached hydrogens (tertiary/aromatic N) is 1. The van der Waals surface area contributed by atoms with E-state index in [0.717, 1.165) is 20.8 Å². The van der Waals surface area contributed by atoms with Crippen molar-refractivity contribution in [1.82, 2.24) is 4.67 Å². The summed E-state index contributed by atoms with van der Waals surface area (Å²) in [5, 5.41) is 1.53. The van der Waals surface area contributed by atoms with Crippen LogP contribution in [0.5, 0.6) is 0 Å². The minimum Gasteiger partial charge on any atom is -0.275 e. The Labute approximate surface area is 126 Å². The average Bonchev–Trinajstić information content (AvgIpc) is 2.55. The van der Waals surface area contributed by atoms with Crippen LogP contribution in [0.4, 0.5) is 0 Å². The first kappa shape index (κ1) is 14.5. The molecule has 110 valence electrons. The van der Waals surface area contributed by atoms with Crippen molar-refractivity contribution in [2.24, 2.45) is 0 Å². The summed E-state index contributed by atoms with van der Waals surface area (Å²) in [6.07, 6.45) is 14.5. The zero-order valence-electron chi connectivity index (χ0n) is 12.6. The maximum atomic E-state index is 2.91. The van der Waals surface area contributed by atoms with Crippen molar-refractivity contribution < 1.29 is 0 Å².